The largest absolute Gasteiger partial charge is 0.444 e. The third kappa shape index (κ3) is 5.72. The van der Waals surface area contributed by atoms with Gasteiger partial charge in [0.25, 0.3) is 0 Å². The third-order valence-electron chi connectivity index (χ3n) is 2.79. The summed E-state index contributed by atoms with van der Waals surface area (Å²) in [6, 6.07) is 0.132. The molecule has 1 unspecified atom stereocenters. The summed E-state index contributed by atoms with van der Waals surface area (Å²) in [6.45, 7) is 7.41. The van der Waals surface area contributed by atoms with Gasteiger partial charge in [0, 0.05) is 26.2 Å². The first-order valence-electron chi connectivity index (χ1n) is 6.61. The Bertz CT molecular complexity index is 339. The fourth-order valence-electron chi connectivity index (χ4n) is 2.10. The summed E-state index contributed by atoms with van der Waals surface area (Å²) in [5.74, 6) is 0. The average molecular weight is 287 g/mol. The highest BCUT2D eigenvalue weighted by molar-refractivity contribution is 8.13. The van der Waals surface area contributed by atoms with Crippen LogP contribution >= 0.6 is 11.8 Å². The van der Waals surface area contributed by atoms with Crippen LogP contribution in [0.4, 0.5) is 4.79 Å². The van der Waals surface area contributed by atoms with Crippen LogP contribution in [0.25, 0.3) is 0 Å². The van der Waals surface area contributed by atoms with Gasteiger partial charge in [-0.05, 0) is 39.9 Å². The van der Waals surface area contributed by atoms with Crippen molar-refractivity contribution in [1.82, 2.24) is 10.2 Å². The predicted octanol–water partition coefficient (Wildman–Crippen LogP) is 2.32. The number of hydrogen-bond acceptors (Lipinski definition) is 4. The van der Waals surface area contributed by atoms with Gasteiger partial charge >= 0.3 is 6.09 Å². The summed E-state index contributed by atoms with van der Waals surface area (Å²) in [7, 11) is 1.80. The van der Waals surface area contributed by atoms with E-state index < -0.39 is 5.60 Å². The van der Waals surface area contributed by atoms with Crippen molar-refractivity contribution in [3.8, 4) is 0 Å². The molecule has 1 fully saturated rings. The van der Waals surface area contributed by atoms with E-state index >= 15 is 0 Å². The number of hydrogen-bond donors (Lipinski definition) is 1. The van der Waals surface area contributed by atoms with Crippen LogP contribution in [0.2, 0.25) is 0 Å². The van der Waals surface area contributed by atoms with Crippen LogP contribution in [-0.2, 0) is 4.74 Å². The first-order chi connectivity index (χ1) is 8.85. The van der Waals surface area contributed by atoms with Crippen LogP contribution in [0, 0.1) is 0 Å². The molecule has 1 heterocycles. The molecule has 110 valence electrons. The number of aliphatic imine (C=N–C) groups is 1. The normalized spacial score (nSPS) is 21.2. The number of amides is 1. The van der Waals surface area contributed by atoms with E-state index in [1.165, 1.54) is 0 Å². The summed E-state index contributed by atoms with van der Waals surface area (Å²) in [4.78, 5) is 18.2. The summed E-state index contributed by atoms with van der Waals surface area (Å²) in [6.07, 6.45) is 3.73. The van der Waals surface area contributed by atoms with E-state index in [2.05, 4.69) is 15.2 Å². The highest BCUT2D eigenvalue weighted by Gasteiger charge is 2.25. The Morgan fingerprint density at radius 2 is 2.16 bits per heavy atom. The lowest BCUT2D eigenvalue weighted by Crippen LogP contribution is -2.50. The topological polar surface area (TPSA) is 53.9 Å². The zero-order valence-electron chi connectivity index (χ0n) is 12.5. The van der Waals surface area contributed by atoms with E-state index in [4.69, 9.17) is 4.74 Å². The molecule has 1 aliphatic heterocycles. The van der Waals surface area contributed by atoms with Crippen molar-refractivity contribution in [3.63, 3.8) is 0 Å². The molecular weight excluding hydrogens is 262 g/mol. The van der Waals surface area contributed by atoms with Crippen LogP contribution in [0.5, 0.6) is 0 Å². The molecule has 6 heteroatoms. The maximum atomic E-state index is 11.8. The van der Waals surface area contributed by atoms with Crippen molar-refractivity contribution in [2.45, 2.75) is 45.3 Å². The average Bonchev–Trinajstić information content (AvgIpc) is 2.28. The maximum Gasteiger partial charge on any atom is 0.407 e. The molecule has 0 aromatic carbocycles. The number of nitrogens with zero attached hydrogens (tertiary/aromatic N) is 2. The summed E-state index contributed by atoms with van der Waals surface area (Å²) in [5.41, 5.74) is -0.451. The van der Waals surface area contributed by atoms with Gasteiger partial charge in [0.2, 0.25) is 0 Å². The quantitative estimate of drug-likeness (QED) is 0.594. The van der Waals surface area contributed by atoms with Crippen molar-refractivity contribution in [2.24, 2.45) is 4.99 Å². The predicted molar refractivity (Wildman–Crippen MR) is 80.8 cm³/mol. The van der Waals surface area contributed by atoms with Gasteiger partial charge < -0.3 is 15.0 Å². The van der Waals surface area contributed by atoms with E-state index in [0.717, 1.165) is 31.1 Å². The number of amidine groups is 1. The van der Waals surface area contributed by atoms with E-state index in [9.17, 15) is 4.79 Å². The van der Waals surface area contributed by atoms with Crippen LogP contribution in [0.3, 0.4) is 0 Å². The fraction of sp³-hybridized carbons (Fsp3) is 0.846. The van der Waals surface area contributed by atoms with Crippen LogP contribution in [0.1, 0.15) is 33.6 Å². The molecule has 0 aliphatic carbocycles. The van der Waals surface area contributed by atoms with E-state index in [0.29, 0.717) is 0 Å². The molecule has 1 saturated heterocycles. The van der Waals surface area contributed by atoms with Crippen LogP contribution in [-0.4, -0.2) is 54.2 Å². The molecule has 1 rings (SSSR count). The Hall–Kier alpha value is -0.910. The lowest BCUT2D eigenvalue weighted by molar-refractivity contribution is 0.0486. The van der Waals surface area contributed by atoms with Gasteiger partial charge in [0.05, 0.1) is 0 Å². The molecule has 0 spiro atoms. The van der Waals surface area contributed by atoms with Crippen molar-refractivity contribution >= 4 is 23.0 Å². The SMILES string of the molecule is CN=C(SC)N1CCCC(NC(=O)OC(C)(C)C)C1. The Morgan fingerprint density at radius 1 is 1.47 bits per heavy atom. The van der Waals surface area contributed by atoms with Crippen LogP contribution in [0.15, 0.2) is 4.99 Å². The Labute approximate surface area is 120 Å². The summed E-state index contributed by atoms with van der Waals surface area (Å²) >= 11 is 1.64. The van der Waals surface area contributed by atoms with Crippen molar-refractivity contribution in [2.75, 3.05) is 26.4 Å². The first kappa shape index (κ1) is 16.1. The number of carbonyl (C=O) groups is 1. The summed E-state index contributed by atoms with van der Waals surface area (Å²) in [5, 5.41) is 3.97. The first-order valence-corrected chi connectivity index (χ1v) is 7.83. The lowest BCUT2D eigenvalue weighted by atomic mass is 10.1. The fourth-order valence-corrected chi connectivity index (χ4v) is 2.71. The molecule has 0 bridgehead atoms. The molecule has 1 aliphatic rings. The second-order valence-corrected chi connectivity index (χ2v) is 6.42. The molecular formula is C13H25N3O2S. The molecule has 0 saturated carbocycles. The van der Waals surface area contributed by atoms with Crippen molar-refractivity contribution in [1.29, 1.82) is 0 Å². The van der Waals surface area contributed by atoms with Gasteiger partial charge in [0.1, 0.15) is 5.60 Å². The molecule has 19 heavy (non-hydrogen) atoms. The number of piperidine rings is 1. The van der Waals surface area contributed by atoms with Gasteiger partial charge in [-0.1, -0.05) is 11.8 Å². The van der Waals surface area contributed by atoms with Gasteiger partial charge in [-0.3, -0.25) is 4.99 Å². The number of likely N-dealkylation sites (tertiary alicyclic amines) is 1. The minimum absolute atomic E-state index is 0.132. The second-order valence-electron chi connectivity index (χ2n) is 5.64. The minimum atomic E-state index is -0.451. The third-order valence-corrected chi connectivity index (χ3v) is 3.59. The molecule has 1 N–H and O–H groups in total. The smallest absolute Gasteiger partial charge is 0.407 e. The molecule has 0 aromatic heterocycles. The molecule has 0 aromatic rings. The Morgan fingerprint density at radius 3 is 2.68 bits per heavy atom. The van der Waals surface area contributed by atoms with Crippen molar-refractivity contribution in [3.05, 3.63) is 0 Å². The number of ether oxygens (including phenoxy) is 1. The molecule has 0 radical (unpaired) electrons. The van der Waals surface area contributed by atoms with Gasteiger partial charge in [-0.25, -0.2) is 4.79 Å². The Balaban J connectivity index is 2.49. The monoisotopic (exact) mass is 287 g/mol. The summed E-state index contributed by atoms with van der Waals surface area (Å²) < 4.78 is 5.28. The van der Waals surface area contributed by atoms with E-state index in [-0.39, 0.29) is 12.1 Å². The number of nitrogens with one attached hydrogen (secondary N) is 1. The molecule has 1 atom stereocenters. The number of rotatable bonds is 1. The van der Waals surface area contributed by atoms with E-state index in [1.54, 1.807) is 18.8 Å². The van der Waals surface area contributed by atoms with Gasteiger partial charge in [-0.15, -0.1) is 0 Å². The molecule has 1 amide bonds. The highest BCUT2D eigenvalue weighted by Crippen LogP contribution is 2.15. The minimum Gasteiger partial charge on any atom is -0.444 e. The highest BCUT2D eigenvalue weighted by atomic mass is 32.2. The van der Waals surface area contributed by atoms with Gasteiger partial charge in [-0.2, -0.15) is 0 Å². The van der Waals surface area contributed by atoms with Crippen molar-refractivity contribution < 1.29 is 9.53 Å². The Kier molecular flexibility index (Phi) is 5.97. The zero-order valence-corrected chi connectivity index (χ0v) is 13.3. The zero-order chi connectivity index (χ0) is 14.5. The van der Waals surface area contributed by atoms with E-state index in [1.807, 2.05) is 27.0 Å². The van der Waals surface area contributed by atoms with Crippen LogP contribution < -0.4 is 5.32 Å². The number of carbonyl (C=O) groups excluding carboxylic acids is 1. The lowest BCUT2D eigenvalue weighted by Gasteiger charge is -2.34. The number of alkyl carbamates (subject to hydrolysis) is 1. The molecule has 5 nitrogen and oxygen atoms in total. The standard InChI is InChI=1S/C13H25N3O2S/c1-13(2,3)18-12(17)15-10-7-6-8-16(9-10)11(14-4)19-5/h10H,6-9H2,1-5H3,(H,15,17). The maximum absolute atomic E-state index is 11.8. The number of thioether (sulfide) groups is 1. The van der Waals surface area contributed by atoms with Gasteiger partial charge in [0.15, 0.2) is 5.17 Å². The second kappa shape index (κ2) is 7.03.